The SMILES string of the molecule is CC(C)(C)OC(=O)NC1CC1NCc1ccc(C#N)o1. The summed E-state index contributed by atoms with van der Waals surface area (Å²) in [7, 11) is 0. The van der Waals surface area contributed by atoms with Crippen LogP contribution in [0.1, 0.15) is 38.7 Å². The fourth-order valence-electron chi connectivity index (χ4n) is 1.80. The molecule has 1 heterocycles. The van der Waals surface area contributed by atoms with Gasteiger partial charge in [-0.05, 0) is 39.3 Å². The van der Waals surface area contributed by atoms with Crippen LogP contribution in [0.15, 0.2) is 16.5 Å². The van der Waals surface area contributed by atoms with Crippen LogP contribution in [0.4, 0.5) is 4.79 Å². The van der Waals surface area contributed by atoms with Crippen molar-refractivity contribution >= 4 is 6.09 Å². The molecule has 1 aromatic heterocycles. The molecule has 1 amide bonds. The highest BCUT2D eigenvalue weighted by atomic mass is 16.6. The first-order chi connectivity index (χ1) is 9.37. The first kappa shape index (κ1) is 14.4. The van der Waals surface area contributed by atoms with Gasteiger partial charge in [0.2, 0.25) is 5.76 Å². The van der Waals surface area contributed by atoms with E-state index in [1.807, 2.05) is 26.8 Å². The summed E-state index contributed by atoms with van der Waals surface area (Å²) in [4.78, 5) is 11.6. The normalized spacial score (nSPS) is 21.1. The van der Waals surface area contributed by atoms with E-state index in [-0.39, 0.29) is 12.1 Å². The van der Waals surface area contributed by atoms with Crippen molar-refractivity contribution < 1.29 is 13.9 Å². The maximum Gasteiger partial charge on any atom is 0.407 e. The predicted octanol–water partition coefficient (Wildman–Crippen LogP) is 1.91. The molecule has 20 heavy (non-hydrogen) atoms. The lowest BCUT2D eigenvalue weighted by atomic mass is 10.2. The van der Waals surface area contributed by atoms with Crippen molar-refractivity contribution in [3.63, 3.8) is 0 Å². The number of hydrogen-bond acceptors (Lipinski definition) is 5. The van der Waals surface area contributed by atoms with E-state index < -0.39 is 11.7 Å². The van der Waals surface area contributed by atoms with Gasteiger partial charge in [0.15, 0.2) is 0 Å². The number of amides is 1. The summed E-state index contributed by atoms with van der Waals surface area (Å²) in [6.45, 7) is 6.04. The van der Waals surface area contributed by atoms with Crippen molar-refractivity contribution in [1.82, 2.24) is 10.6 Å². The van der Waals surface area contributed by atoms with E-state index in [0.29, 0.717) is 18.1 Å². The van der Waals surface area contributed by atoms with Gasteiger partial charge in [-0.2, -0.15) is 5.26 Å². The molecule has 1 aliphatic rings. The lowest BCUT2D eigenvalue weighted by Crippen LogP contribution is -2.36. The zero-order chi connectivity index (χ0) is 14.8. The highest BCUT2D eigenvalue weighted by molar-refractivity contribution is 5.68. The molecule has 2 rings (SSSR count). The maximum absolute atomic E-state index is 11.6. The molecule has 1 aromatic rings. The summed E-state index contributed by atoms with van der Waals surface area (Å²) < 4.78 is 10.4. The van der Waals surface area contributed by atoms with E-state index >= 15 is 0 Å². The molecule has 2 unspecified atom stereocenters. The number of alkyl carbamates (subject to hydrolysis) is 1. The zero-order valence-electron chi connectivity index (χ0n) is 11.9. The Morgan fingerprint density at radius 1 is 1.50 bits per heavy atom. The molecule has 6 heteroatoms. The topological polar surface area (TPSA) is 87.3 Å². The van der Waals surface area contributed by atoms with E-state index in [1.54, 1.807) is 12.1 Å². The Morgan fingerprint density at radius 2 is 2.25 bits per heavy atom. The van der Waals surface area contributed by atoms with Crippen LogP contribution in [0.3, 0.4) is 0 Å². The van der Waals surface area contributed by atoms with Crippen molar-refractivity contribution in [2.24, 2.45) is 0 Å². The highest BCUT2D eigenvalue weighted by Gasteiger charge is 2.39. The van der Waals surface area contributed by atoms with Crippen LogP contribution in [0.2, 0.25) is 0 Å². The molecule has 0 spiro atoms. The van der Waals surface area contributed by atoms with Gasteiger partial charge in [-0.3, -0.25) is 0 Å². The van der Waals surface area contributed by atoms with Gasteiger partial charge in [-0.15, -0.1) is 0 Å². The number of nitriles is 1. The van der Waals surface area contributed by atoms with Gasteiger partial charge in [0.1, 0.15) is 17.4 Å². The number of ether oxygens (including phenoxy) is 1. The zero-order valence-corrected chi connectivity index (χ0v) is 11.9. The second kappa shape index (κ2) is 5.55. The van der Waals surface area contributed by atoms with Gasteiger partial charge < -0.3 is 19.8 Å². The van der Waals surface area contributed by atoms with E-state index in [2.05, 4.69) is 10.6 Å². The minimum absolute atomic E-state index is 0.0928. The van der Waals surface area contributed by atoms with Crippen LogP contribution in [-0.4, -0.2) is 23.8 Å². The van der Waals surface area contributed by atoms with Crippen LogP contribution in [-0.2, 0) is 11.3 Å². The Kier molecular flexibility index (Phi) is 4.00. The van der Waals surface area contributed by atoms with Crippen molar-refractivity contribution in [3.8, 4) is 6.07 Å². The van der Waals surface area contributed by atoms with Crippen molar-refractivity contribution in [2.75, 3.05) is 0 Å². The lowest BCUT2D eigenvalue weighted by Gasteiger charge is -2.19. The highest BCUT2D eigenvalue weighted by Crippen LogP contribution is 2.22. The van der Waals surface area contributed by atoms with Crippen molar-refractivity contribution in [2.45, 2.75) is 51.4 Å². The molecule has 108 valence electrons. The average molecular weight is 277 g/mol. The van der Waals surface area contributed by atoms with Crippen LogP contribution in [0, 0.1) is 11.3 Å². The van der Waals surface area contributed by atoms with Crippen molar-refractivity contribution in [1.29, 1.82) is 5.26 Å². The summed E-state index contributed by atoms with van der Waals surface area (Å²) in [5.74, 6) is 1.02. The molecular formula is C14H19N3O3. The number of furan rings is 1. The van der Waals surface area contributed by atoms with E-state index in [1.165, 1.54) is 0 Å². The van der Waals surface area contributed by atoms with Gasteiger partial charge in [0, 0.05) is 12.1 Å². The lowest BCUT2D eigenvalue weighted by molar-refractivity contribution is 0.0522. The third kappa shape index (κ3) is 4.28. The average Bonchev–Trinajstić information content (AvgIpc) is 2.88. The molecule has 1 aliphatic carbocycles. The Morgan fingerprint density at radius 3 is 2.85 bits per heavy atom. The first-order valence-corrected chi connectivity index (χ1v) is 6.59. The van der Waals surface area contributed by atoms with E-state index in [9.17, 15) is 4.79 Å². The van der Waals surface area contributed by atoms with Gasteiger partial charge in [0.25, 0.3) is 0 Å². The minimum atomic E-state index is -0.482. The van der Waals surface area contributed by atoms with E-state index in [0.717, 1.165) is 6.42 Å². The molecule has 1 fully saturated rings. The third-order valence-corrected chi connectivity index (χ3v) is 2.80. The van der Waals surface area contributed by atoms with Crippen LogP contribution >= 0.6 is 0 Å². The Labute approximate surface area is 118 Å². The van der Waals surface area contributed by atoms with E-state index in [4.69, 9.17) is 14.4 Å². The standard InChI is InChI=1S/C14H19N3O3/c1-14(2,3)20-13(18)17-12-6-11(12)16-8-10-5-4-9(7-15)19-10/h4-5,11-12,16H,6,8H2,1-3H3,(H,17,18). The second-order valence-electron chi connectivity index (χ2n) is 5.85. The molecule has 0 bridgehead atoms. The molecule has 2 atom stereocenters. The molecule has 0 saturated heterocycles. The van der Waals surface area contributed by atoms with Gasteiger partial charge in [-0.1, -0.05) is 0 Å². The molecule has 0 aromatic carbocycles. The van der Waals surface area contributed by atoms with Gasteiger partial charge >= 0.3 is 6.09 Å². The molecule has 1 saturated carbocycles. The molecule has 0 radical (unpaired) electrons. The maximum atomic E-state index is 11.6. The number of rotatable bonds is 4. The first-order valence-electron chi connectivity index (χ1n) is 6.59. The third-order valence-electron chi connectivity index (χ3n) is 2.80. The second-order valence-corrected chi connectivity index (χ2v) is 5.85. The fourth-order valence-corrected chi connectivity index (χ4v) is 1.80. The minimum Gasteiger partial charge on any atom is -0.449 e. The van der Waals surface area contributed by atoms with Crippen LogP contribution < -0.4 is 10.6 Å². The largest absolute Gasteiger partial charge is 0.449 e. The summed E-state index contributed by atoms with van der Waals surface area (Å²) in [6, 6.07) is 5.66. The molecule has 0 aliphatic heterocycles. The number of hydrogen-bond donors (Lipinski definition) is 2. The Balaban J connectivity index is 1.68. The van der Waals surface area contributed by atoms with Gasteiger partial charge in [-0.25, -0.2) is 4.79 Å². The molecule has 6 nitrogen and oxygen atoms in total. The quantitative estimate of drug-likeness (QED) is 0.877. The Bertz CT molecular complexity index is 525. The summed E-state index contributed by atoms with van der Waals surface area (Å²) in [5, 5.41) is 14.7. The summed E-state index contributed by atoms with van der Waals surface area (Å²) in [5.41, 5.74) is -0.482. The van der Waals surface area contributed by atoms with Crippen LogP contribution in [0.25, 0.3) is 0 Å². The summed E-state index contributed by atoms with van der Waals surface area (Å²) >= 11 is 0. The molecular weight excluding hydrogens is 258 g/mol. The fraction of sp³-hybridized carbons (Fsp3) is 0.571. The van der Waals surface area contributed by atoms with Crippen molar-refractivity contribution in [3.05, 3.63) is 23.7 Å². The number of carbonyl (C=O) groups excluding carboxylic acids is 1. The Hall–Kier alpha value is -2.00. The number of nitrogens with zero attached hydrogens (tertiary/aromatic N) is 1. The number of carbonyl (C=O) groups is 1. The van der Waals surface area contributed by atoms with Crippen LogP contribution in [0.5, 0.6) is 0 Å². The number of nitrogens with one attached hydrogen (secondary N) is 2. The molecule has 2 N–H and O–H groups in total. The predicted molar refractivity (Wildman–Crippen MR) is 71.8 cm³/mol. The summed E-state index contributed by atoms with van der Waals surface area (Å²) in [6.07, 6.45) is 0.474. The van der Waals surface area contributed by atoms with Gasteiger partial charge in [0.05, 0.1) is 6.54 Å². The monoisotopic (exact) mass is 277 g/mol. The smallest absolute Gasteiger partial charge is 0.407 e.